The van der Waals surface area contributed by atoms with E-state index < -0.39 is 0 Å². The third-order valence-corrected chi connectivity index (χ3v) is 6.98. The van der Waals surface area contributed by atoms with Crippen LogP contribution in [0.1, 0.15) is 32.6 Å². The minimum atomic E-state index is -0.363. The summed E-state index contributed by atoms with van der Waals surface area (Å²) in [4.78, 5) is 0. The van der Waals surface area contributed by atoms with E-state index in [4.69, 9.17) is 0 Å². The van der Waals surface area contributed by atoms with E-state index in [9.17, 15) is 0 Å². The Labute approximate surface area is 65.7 Å². The molecule has 0 N–H and O–H groups in total. The van der Waals surface area contributed by atoms with Gasteiger partial charge in [0.2, 0.25) is 0 Å². The molecular formula is C9H20P+. The first-order chi connectivity index (χ1) is 4.77. The molecule has 0 bridgehead atoms. The Morgan fingerprint density at radius 3 is 2.20 bits per heavy atom. The van der Waals surface area contributed by atoms with Crippen molar-refractivity contribution in [2.24, 2.45) is 0 Å². The van der Waals surface area contributed by atoms with Crippen LogP contribution < -0.4 is 0 Å². The molecule has 0 atom stereocenters. The molecule has 1 saturated heterocycles. The topological polar surface area (TPSA) is 0 Å². The summed E-state index contributed by atoms with van der Waals surface area (Å²) in [6.07, 6.45) is 10.8. The summed E-state index contributed by atoms with van der Waals surface area (Å²) in [5, 5.41) is 0. The summed E-state index contributed by atoms with van der Waals surface area (Å²) in [6.45, 7) is 4.91. The Kier molecular flexibility index (Phi) is 3.17. The maximum atomic E-state index is 2.58. The first kappa shape index (κ1) is 8.53. The predicted molar refractivity (Wildman–Crippen MR) is 51.6 cm³/mol. The molecule has 0 unspecified atom stereocenters. The van der Waals surface area contributed by atoms with Gasteiger partial charge in [-0.3, -0.25) is 0 Å². The monoisotopic (exact) mass is 159 g/mol. The van der Waals surface area contributed by atoms with E-state index in [-0.39, 0.29) is 7.26 Å². The van der Waals surface area contributed by atoms with Gasteiger partial charge in [-0.05, 0) is 25.7 Å². The second kappa shape index (κ2) is 3.72. The lowest BCUT2D eigenvalue weighted by atomic mass is 10.3. The molecule has 1 heteroatoms. The van der Waals surface area contributed by atoms with Gasteiger partial charge in [-0.1, -0.05) is 6.92 Å². The molecule has 1 rings (SSSR count). The SMILES string of the molecule is CCC[P+]1(C)CCCCC1. The predicted octanol–water partition coefficient (Wildman–Crippen LogP) is 3.23. The molecule has 0 aromatic carbocycles. The molecule has 1 aliphatic rings. The van der Waals surface area contributed by atoms with Crippen LogP contribution in [0.4, 0.5) is 0 Å². The summed E-state index contributed by atoms with van der Waals surface area (Å²) < 4.78 is 0. The van der Waals surface area contributed by atoms with Crippen molar-refractivity contribution in [3.05, 3.63) is 0 Å². The molecule has 1 heterocycles. The highest BCUT2D eigenvalue weighted by Crippen LogP contribution is 2.58. The van der Waals surface area contributed by atoms with Crippen molar-refractivity contribution in [1.82, 2.24) is 0 Å². The van der Waals surface area contributed by atoms with Crippen LogP contribution in [-0.4, -0.2) is 25.2 Å². The van der Waals surface area contributed by atoms with Crippen LogP contribution >= 0.6 is 7.26 Å². The first-order valence-electron chi connectivity index (χ1n) is 4.60. The minimum absolute atomic E-state index is 0.363. The lowest BCUT2D eigenvalue weighted by molar-refractivity contribution is 0.742. The quantitative estimate of drug-likeness (QED) is 0.543. The third-order valence-electron chi connectivity index (χ3n) is 2.66. The third kappa shape index (κ3) is 2.23. The van der Waals surface area contributed by atoms with Gasteiger partial charge in [0, 0.05) is 13.9 Å². The van der Waals surface area contributed by atoms with E-state index in [1.807, 2.05) is 0 Å². The molecule has 10 heavy (non-hydrogen) atoms. The zero-order chi connectivity index (χ0) is 7.45. The molecule has 0 aromatic rings. The van der Waals surface area contributed by atoms with Crippen molar-refractivity contribution in [3.8, 4) is 0 Å². The standard InChI is InChI=1S/C9H20P/c1-3-7-10(2)8-5-4-6-9-10/h3-9H2,1-2H3/q+1. The lowest BCUT2D eigenvalue weighted by Crippen LogP contribution is -2.11. The van der Waals surface area contributed by atoms with E-state index in [2.05, 4.69) is 13.6 Å². The van der Waals surface area contributed by atoms with Crippen LogP contribution in [0.5, 0.6) is 0 Å². The van der Waals surface area contributed by atoms with Gasteiger partial charge in [0.25, 0.3) is 0 Å². The maximum Gasteiger partial charge on any atom is 0.0591 e. The number of rotatable bonds is 2. The molecular weight excluding hydrogens is 139 g/mol. The highest BCUT2D eigenvalue weighted by atomic mass is 31.2. The van der Waals surface area contributed by atoms with Gasteiger partial charge in [0.05, 0.1) is 18.5 Å². The molecule has 1 aliphatic heterocycles. The van der Waals surface area contributed by atoms with E-state index in [0.29, 0.717) is 0 Å². The van der Waals surface area contributed by atoms with Crippen molar-refractivity contribution in [1.29, 1.82) is 0 Å². The van der Waals surface area contributed by atoms with Crippen molar-refractivity contribution in [3.63, 3.8) is 0 Å². The highest BCUT2D eigenvalue weighted by Gasteiger charge is 2.31. The minimum Gasteiger partial charge on any atom is -0.0619 e. The van der Waals surface area contributed by atoms with Crippen molar-refractivity contribution in [2.75, 3.05) is 25.2 Å². The van der Waals surface area contributed by atoms with E-state index >= 15 is 0 Å². The normalized spacial score (nSPS) is 24.6. The fraction of sp³-hybridized carbons (Fsp3) is 1.00. The largest absolute Gasteiger partial charge is 0.0619 e. The maximum absolute atomic E-state index is 2.58. The van der Waals surface area contributed by atoms with Crippen LogP contribution in [0, 0.1) is 0 Å². The van der Waals surface area contributed by atoms with Crippen LogP contribution in [0.3, 0.4) is 0 Å². The van der Waals surface area contributed by atoms with Gasteiger partial charge >= 0.3 is 0 Å². The van der Waals surface area contributed by atoms with Crippen LogP contribution in [0.25, 0.3) is 0 Å². The van der Waals surface area contributed by atoms with Crippen LogP contribution in [0.2, 0.25) is 0 Å². The van der Waals surface area contributed by atoms with Crippen molar-refractivity contribution >= 4 is 7.26 Å². The Hall–Kier alpha value is 0.430. The van der Waals surface area contributed by atoms with Gasteiger partial charge in [0.15, 0.2) is 0 Å². The summed E-state index contributed by atoms with van der Waals surface area (Å²) >= 11 is 0. The number of hydrogen-bond donors (Lipinski definition) is 0. The summed E-state index contributed by atoms with van der Waals surface area (Å²) in [7, 11) is -0.363. The Balaban J connectivity index is 2.32. The Bertz CT molecular complexity index is 87.4. The van der Waals surface area contributed by atoms with Gasteiger partial charge in [-0.15, -0.1) is 0 Å². The molecule has 0 amide bonds. The van der Waals surface area contributed by atoms with Gasteiger partial charge in [-0.2, -0.15) is 0 Å². The van der Waals surface area contributed by atoms with Gasteiger partial charge in [-0.25, -0.2) is 0 Å². The summed E-state index contributed by atoms with van der Waals surface area (Å²) in [6, 6.07) is 0. The molecule has 0 aliphatic carbocycles. The molecule has 0 nitrogen and oxygen atoms in total. The average molecular weight is 159 g/mol. The molecule has 60 valence electrons. The Morgan fingerprint density at radius 2 is 1.70 bits per heavy atom. The van der Waals surface area contributed by atoms with Crippen molar-refractivity contribution < 1.29 is 0 Å². The second-order valence-corrected chi connectivity index (χ2v) is 8.43. The molecule has 0 spiro atoms. The molecule has 0 saturated carbocycles. The average Bonchev–Trinajstić information content (AvgIpc) is 1.89. The van der Waals surface area contributed by atoms with E-state index in [1.54, 1.807) is 18.5 Å². The fourth-order valence-electron chi connectivity index (χ4n) is 2.04. The van der Waals surface area contributed by atoms with Crippen LogP contribution in [-0.2, 0) is 0 Å². The van der Waals surface area contributed by atoms with E-state index in [0.717, 1.165) is 0 Å². The smallest absolute Gasteiger partial charge is 0.0591 e. The molecule has 1 fully saturated rings. The summed E-state index contributed by atoms with van der Waals surface area (Å²) in [5.41, 5.74) is 0. The first-order valence-corrected chi connectivity index (χ1v) is 7.39. The van der Waals surface area contributed by atoms with Gasteiger partial charge < -0.3 is 0 Å². The zero-order valence-corrected chi connectivity index (χ0v) is 8.29. The fourth-order valence-corrected chi connectivity index (χ4v) is 5.76. The van der Waals surface area contributed by atoms with Crippen LogP contribution in [0.15, 0.2) is 0 Å². The second-order valence-electron chi connectivity index (χ2n) is 3.85. The van der Waals surface area contributed by atoms with Crippen molar-refractivity contribution in [2.45, 2.75) is 32.6 Å². The molecule has 0 radical (unpaired) electrons. The Morgan fingerprint density at radius 1 is 1.10 bits per heavy atom. The summed E-state index contributed by atoms with van der Waals surface area (Å²) in [5.74, 6) is 0. The van der Waals surface area contributed by atoms with Gasteiger partial charge in [0.1, 0.15) is 0 Å². The van der Waals surface area contributed by atoms with E-state index in [1.165, 1.54) is 25.7 Å². The lowest BCUT2D eigenvalue weighted by Gasteiger charge is -2.26. The number of hydrogen-bond acceptors (Lipinski definition) is 0. The molecule has 0 aromatic heterocycles. The zero-order valence-electron chi connectivity index (χ0n) is 7.40. The highest BCUT2D eigenvalue weighted by molar-refractivity contribution is 7.75.